The number of hydrogen-bond acceptors (Lipinski definition) is 4. The van der Waals surface area contributed by atoms with Gasteiger partial charge in [0.25, 0.3) is 5.91 Å². The minimum atomic E-state index is 0.0758. The highest BCUT2D eigenvalue weighted by Crippen LogP contribution is 2.35. The van der Waals surface area contributed by atoms with Crippen molar-refractivity contribution in [1.29, 1.82) is 0 Å². The molecular weight excluding hydrogens is 454 g/mol. The van der Waals surface area contributed by atoms with Gasteiger partial charge in [0.2, 0.25) is 5.91 Å². The van der Waals surface area contributed by atoms with Gasteiger partial charge in [-0.25, -0.2) is 0 Å². The number of piperazine rings is 1. The SMILES string of the molecule is O=C(c1ccc(CN2C(=O)CSc3ccccc32)cc1)N1CCN(C/C=C/c2ccccc2)CC1. The lowest BCUT2D eigenvalue weighted by atomic mass is 10.1. The molecular formula is C29H29N3O2S. The molecule has 1 saturated heterocycles. The van der Waals surface area contributed by atoms with Gasteiger partial charge in [-0.15, -0.1) is 11.8 Å². The minimum absolute atomic E-state index is 0.0758. The molecule has 178 valence electrons. The zero-order valence-corrected chi connectivity index (χ0v) is 20.5. The quantitative estimate of drug-likeness (QED) is 0.505. The number of carbonyl (C=O) groups excluding carboxylic acids is 2. The first-order valence-corrected chi connectivity index (χ1v) is 13.0. The van der Waals surface area contributed by atoms with E-state index in [1.54, 1.807) is 11.8 Å². The van der Waals surface area contributed by atoms with Gasteiger partial charge in [-0.05, 0) is 35.4 Å². The van der Waals surface area contributed by atoms with Crippen molar-refractivity contribution in [2.45, 2.75) is 11.4 Å². The van der Waals surface area contributed by atoms with Crippen LogP contribution >= 0.6 is 11.8 Å². The van der Waals surface area contributed by atoms with Gasteiger partial charge >= 0.3 is 0 Å². The Labute approximate surface area is 211 Å². The molecule has 0 N–H and O–H groups in total. The highest BCUT2D eigenvalue weighted by Gasteiger charge is 2.25. The highest BCUT2D eigenvalue weighted by atomic mass is 32.2. The highest BCUT2D eigenvalue weighted by molar-refractivity contribution is 8.00. The molecule has 0 aliphatic carbocycles. The lowest BCUT2D eigenvalue weighted by Gasteiger charge is -2.34. The van der Waals surface area contributed by atoms with Crippen LogP contribution in [0, 0.1) is 0 Å². The number of hydrogen-bond donors (Lipinski definition) is 0. The molecule has 0 unspecified atom stereocenters. The van der Waals surface area contributed by atoms with Gasteiger partial charge in [-0.3, -0.25) is 14.5 Å². The molecule has 6 heteroatoms. The summed E-state index contributed by atoms with van der Waals surface area (Å²) in [5, 5.41) is 0. The molecule has 3 aromatic carbocycles. The summed E-state index contributed by atoms with van der Waals surface area (Å²) >= 11 is 1.59. The van der Waals surface area contributed by atoms with Gasteiger partial charge in [0.05, 0.1) is 18.0 Å². The fourth-order valence-electron chi connectivity index (χ4n) is 4.48. The van der Waals surface area contributed by atoms with Crippen molar-refractivity contribution in [3.05, 3.63) is 102 Å². The normalized spacial score (nSPS) is 16.5. The molecule has 0 aromatic heterocycles. The fraction of sp³-hybridized carbons (Fsp3) is 0.241. The van der Waals surface area contributed by atoms with Crippen LogP contribution in [0.3, 0.4) is 0 Å². The summed E-state index contributed by atoms with van der Waals surface area (Å²) in [5.41, 5.74) is 3.89. The largest absolute Gasteiger partial charge is 0.336 e. The van der Waals surface area contributed by atoms with Gasteiger partial charge in [-0.2, -0.15) is 0 Å². The predicted octanol–water partition coefficient (Wildman–Crippen LogP) is 4.80. The second kappa shape index (κ2) is 10.9. The van der Waals surface area contributed by atoms with Crippen molar-refractivity contribution in [3.63, 3.8) is 0 Å². The summed E-state index contributed by atoms with van der Waals surface area (Å²) in [4.78, 5) is 32.9. The van der Waals surface area contributed by atoms with E-state index in [0.717, 1.165) is 48.9 Å². The molecule has 0 saturated carbocycles. The number of carbonyl (C=O) groups is 2. The molecule has 3 aromatic rings. The van der Waals surface area contributed by atoms with Crippen LogP contribution in [0.1, 0.15) is 21.5 Å². The molecule has 0 spiro atoms. The van der Waals surface area contributed by atoms with Crippen LogP contribution in [0.15, 0.2) is 89.8 Å². The number of anilines is 1. The molecule has 2 aliphatic rings. The van der Waals surface area contributed by atoms with Crippen LogP contribution in [0.5, 0.6) is 0 Å². The van der Waals surface area contributed by atoms with Gasteiger partial charge in [0, 0.05) is 43.2 Å². The first kappa shape index (κ1) is 23.4. The van der Waals surface area contributed by atoms with Gasteiger partial charge < -0.3 is 9.80 Å². The van der Waals surface area contributed by atoms with Crippen molar-refractivity contribution in [1.82, 2.24) is 9.80 Å². The molecule has 0 bridgehead atoms. The standard InChI is InChI=1S/C29H29N3O2S/c33-28-22-35-27-11-5-4-10-26(27)32(28)21-24-12-14-25(15-13-24)29(34)31-19-17-30(18-20-31)16-6-9-23-7-2-1-3-8-23/h1-15H,16-22H2/b9-6+. The van der Waals surface area contributed by atoms with E-state index in [-0.39, 0.29) is 11.8 Å². The number of para-hydroxylation sites is 1. The lowest BCUT2D eigenvalue weighted by molar-refractivity contribution is -0.116. The lowest BCUT2D eigenvalue weighted by Crippen LogP contribution is -2.48. The van der Waals surface area contributed by atoms with Crippen LogP contribution in [0.2, 0.25) is 0 Å². The number of benzene rings is 3. The van der Waals surface area contributed by atoms with Crippen LogP contribution in [-0.2, 0) is 11.3 Å². The molecule has 5 nitrogen and oxygen atoms in total. The third kappa shape index (κ3) is 5.66. The Hall–Kier alpha value is -3.35. The topological polar surface area (TPSA) is 43.9 Å². The second-order valence-corrected chi connectivity index (χ2v) is 9.86. The summed E-state index contributed by atoms with van der Waals surface area (Å²) in [5.74, 6) is 0.652. The first-order valence-electron chi connectivity index (χ1n) is 12.0. The van der Waals surface area contributed by atoms with E-state index in [2.05, 4.69) is 35.3 Å². The Morgan fingerprint density at radius 2 is 1.57 bits per heavy atom. The molecule has 2 heterocycles. The second-order valence-electron chi connectivity index (χ2n) is 8.84. The minimum Gasteiger partial charge on any atom is -0.336 e. The summed E-state index contributed by atoms with van der Waals surface area (Å²) in [6.07, 6.45) is 4.34. The third-order valence-corrected chi connectivity index (χ3v) is 7.53. The van der Waals surface area contributed by atoms with E-state index in [1.807, 2.05) is 70.5 Å². The Morgan fingerprint density at radius 3 is 2.34 bits per heavy atom. The maximum Gasteiger partial charge on any atom is 0.253 e. The summed E-state index contributed by atoms with van der Waals surface area (Å²) in [6.45, 7) is 4.62. The molecule has 5 rings (SSSR count). The van der Waals surface area contributed by atoms with Gasteiger partial charge in [0.1, 0.15) is 0 Å². The van der Waals surface area contributed by atoms with E-state index in [1.165, 1.54) is 5.56 Å². The van der Waals surface area contributed by atoms with Crippen LogP contribution < -0.4 is 4.90 Å². The maximum absolute atomic E-state index is 13.0. The fourth-order valence-corrected chi connectivity index (χ4v) is 5.42. The Bertz CT molecular complexity index is 1200. The predicted molar refractivity (Wildman–Crippen MR) is 143 cm³/mol. The zero-order valence-electron chi connectivity index (χ0n) is 19.7. The smallest absolute Gasteiger partial charge is 0.253 e. The van der Waals surface area contributed by atoms with E-state index in [9.17, 15) is 9.59 Å². The number of amides is 2. The monoisotopic (exact) mass is 483 g/mol. The average Bonchev–Trinajstić information content (AvgIpc) is 2.91. The Kier molecular flexibility index (Phi) is 7.31. The Balaban J connectivity index is 1.14. The average molecular weight is 484 g/mol. The van der Waals surface area contributed by atoms with Crippen molar-refractivity contribution in [3.8, 4) is 0 Å². The van der Waals surface area contributed by atoms with E-state index in [4.69, 9.17) is 0 Å². The van der Waals surface area contributed by atoms with Gasteiger partial charge in [-0.1, -0.05) is 66.7 Å². The van der Waals surface area contributed by atoms with E-state index in [0.29, 0.717) is 17.9 Å². The Morgan fingerprint density at radius 1 is 0.857 bits per heavy atom. The molecule has 2 aliphatic heterocycles. The molecule has 0 atom stereocenters. The van der Waals surface area contributed by atoms with Crippen molar-refractivity contribution in [2.24, 2.45) is 0 Å². The van der Waals surface area contributed by atoms with Crippen LogP contribution in [-0.4, -0.2) is 60.1 Å². The summed E-state index contributed by atoms with van der Waals surface area (Å²) < 4.78 is 0. The zero-order chi connectivity index (χ0) is 24.0. The van der Waals surface area contributed by atoms with E-state index < -0.39 is 0 Å². The number of nitrogens with zero attached hydrogens (tertiary/aromatic N) is 3. The molecule has 1 fully saturated rings. The number of fused-ring (bicyclic) bond motifs is 1. The van der Waals surface area contributed by atoms with E-state index >= 15 is 0 Å². The van der Waals surface area contributed by atoms with Crippen molar-refractivity contribution < 1.29 is 9.59 Å². The maximum atomic E-state index is 13.0. The van der Waals surface area contributed by atoms with Crippen LogP contribution in [0.4, 0.5) is 5.69 Å². The first-order chi connectivity index (χ1) is 17.2. The molecule has 2 amide bonds. The van der Waals surface area contributed by atoms with Crippen LogP contribution in [0.25, 0.3) is 6.08 Å². The number of thioether (sulfide) groups is 1. The van der Waals surface area contributed by atoms with Gasteiger partial charge in [0.15, 0.2) is 0 Å². The summed E-state index contributed by atoms with van der Waals surface area (Å²) in [7, 11) is 0. The third-order valence-electron chi connectivity index (χ3n) is 6.48. The molecule has 0 radical (unpaired) electrons. The van der Waals surface area contributed by atoms with Crippen molar-refractivity contribution in [2.75, 3.05) is 43.4 Å². The van der Waals surface area contributed by atoms with Crippen molar-refractivity contribution >= 4 is 35.3 Å². The number of rotatable bonds is 6. The molecule has 35 heavy (non-hydrogen) atoms. The summed E-state index contributed by atoms with van der Waals surface area (Å²) in [6, 6.07) is 26.0.